The molecule has 26 heavy (non-hydrogen) atoms. The van der Waals surface area contributed by atoms with Gasteiger partial charge in [-0.15, -0.1) is 0 Å². The molecule has 0 fully saturated rings. The minimum Gasteiger partial charge on any atom is -0.460 e. The van der Waals surface area contributed by atoms with Gasteiger partial charge >= 0.3 is 5.97 Å². The SMILES string of the molecule is COCCOC(=O)C1=C(C)NC2=C(C(=O)CCC2)[C@H]1c1cccc(Cl)c1. The fourth-order valence-electron chi connectivity index (χ4n) is 3.57. The van der Waals surface area contributed by atoms with Gasteiger partial charge in [-0.05, 0) is 37.5 Å². The van der Waals surface area contributed by atoms with Gasteiger partial charge in [-0.25, -0.2) is 4.79 Å². The van der Waals surface area contributed by atoms with Crippen molar-refractivity contribution in [1.82, 2.24) is 5.32 Å². The maximum Gasteiger partial charge on any atom is 0.336 e. The van der Waals surface area contributed by atoms with Gasteiger partial charge < -0.3 is 14.8 Å². The number of carbonyl (C=O) groups is 2. The molecule has 0 spiro atoms. The minimum atomic E-state index is -0.465. The Kier molecular flexibility index (Phi) is 5.79. The number of esters is 1. The average Bonchev–Trinajstić information content (AvgIpc) is 2.61. The van der Waals surface area contributed by atoms with E-state index in [1.807, 2.05) is 19.1 Å². The largest absolute Gasteiger partial charge is 0.460 e. The lowest BCUT2D eigenvalue weighted by Crippen LogP contribution is -2.34. The summed E-state index contributed by atoms with van der Waals surface area (Å²) in [5.41, 5.74) is 3.54. The highest BCUT2D eigenvalue weighted by Gasteiger charge is 2.39. The average molecular weight is 376 g/mol. The summed E-state index contributed by atoms with van der Waals surface area (Å²) in [6.45, 7) is 2.32. The zero-order valence-electron chi connectivity index (χ0n) is 14.9. The molecular formula is C20H22ClNO4. The van der Waals surface area contributed by atoms with Crippen molar-refractivity contribution in [2.45, 2.75) is 32.1 Å². The summed E-state index contributed by atoms with van der Waals surface area (Å²) in [6, 6.07) is 7.30. The van der Waals surface area contributed by atoms with E-state index in [0.29, 0.717) is 34.9 Å². The molecule has 1 N–H and O–H groups in total. The number of benzene rings is 1. The minimum absolute atomic E-state index is 0.0680. The van der Waals surface area contributed by atoms with Crippen molar-refractivity contribution < 1.29 is 19.1 Å². The number of ether oxygens (including phenoxy) is 2. The predicted octanol–water partition coefficient (Wildman–Crippen LogP) is 3.50. The Bertz CT molecular complexity index is 797. The van der Waals surface area contributed by atoms with E-state index < -0.39 is 11.9 Å². The third-order valence-electron chi connectivity index (χ3n) is 4.70. The summed E-state index contributed by atoms with van der Waals surface area (Å²) in [5.74, 6) is -0.840. The summed E-state index contributed by atoms with van der Waals surface area (Å²) in [4.78, 5) is 25.5. The molecule has 1 aromatic carbocycles. The van der Waals surface area contributed by atoms with Crippen LogP contribution in [-0.4, -0.2) is 32.1 Å². The molecule has 1 aliphatic heterocycles. The van der Waals surface area contributed by atoms with E-state index in [0.717, 1.165) is 24.1 Å². The number of methoxy groups -OCH3 is 1. The molecular weight excluding hydrogens is 354 g/mol. The number of hydrogen-bond donors (Lipinski definition) is 1. The summed E-state index contributed by atoms with van der Waals surface area (Å²) >= 11 is 6.18. The maximum atomic E-state index is 12.8. The van der Waals surface area contributed by atoms with Gasteiger partial charge in [-0.1, -0.05) is 23.7 Å². The molecule has 1 heterocycles. The molecule has 1 aliphatic carbocycles. The van der Waals surface area contributed by atoms with Crippen molar-refractivity contribution in [1.29, 1.82) is 0 Å². The van der Waals surface area contributed by atoms with E-state index in [4.69, 9.17) is 21.1 Å². The normalized spacial score (nSPS) is 20.0. The zero-order chi connectivity index (χ0) is 18.7. The highest BCUT2D eigenvalue weighted by atomic mass is 35.5. The van der Waals surface area contributed by atoms with Crippen molar-refractivity contribution >= 4 is 23.4 Å². The van der Waals surface area contributed by atoms with Crippen LogP contribution >= 0.6 is 11.6 Å². The Morgan fingerprint density at radius 2 is 2.12 bits per heavy atom. The van der Waals surface area contributed by atoms with Gasteiger partial charge in [0, 0.05) is 41.4 Å². The third-order valence-corrected chi connectivity index (χ3v) is 4.93. The lowest BCUT2D eigenvalue weighted by Gasteiger charge is -2.34. The molecule has 0 saturated carbocycles. The number of rotatable bonds is 5. The van der Waals surface area contributed by atoms with Crippen LogP contribution < -0.4 is 5.32 Å². The number of ketones is 1. The molecule has 138 valence electrons. The Hall–Kier alpha value is -2.11. The predicted molar refractivity (Wildman–Crippen MR) is 98.7 cm³/mol. The quantitative estimate of drug-likeness (QED) is 0.630. The number of dihydropyridines is 1. The van der Waals surface area contributed by atoms with Crippen LogP contribution in [0.1, 0.15) is 37.7 Å². The third kappa shape index (κ3) is 3.69. The van der Waals surface area contributed by atoms with Crippen molar-refractivity contribution in [3.63, 3.8) is 0 Å². The highest BCUT2D eigenvalue weighted by molar-refractivity contribution is 6.30. The number of allylic oxidation sites excluding steroid dienone is 3. The molecule has 5 nitrogen and oxygen atoms in total. The van der Waals surface area contributed by atoms with Crippen LogP contribution in [0.2, 0.25) is 5.02 Å². The van der Waals surface area contributed by atoms with E-state index in [9.17, 15) is 9.59 Å². The van der Waals surface area contributed by atoms with E-state index in [1.165, 1.54) is 0 Å². The molecule has 0 aromatic heterocycles. The number of halogens is 1. The van der Waals surface area contributed by atoms with Crippen molar-refractivity contribution in [3.05, 3.63) is 57.4 Å². The fraction of sp³-hybridized carbons (Fsp3) is 0.400. The van der Waals surface area contributed by atoms with E-state index in [1.54, 1.807) is 19.2 Å². The topological polar surface area (TPSA) is 64.6 Å². The van der Waals surface area contributed by atoms with Crippen molar-refractivity contribution in [3.8, 4) is 0 Å². The number of carbonyl (C=O) groups excluding carboxylic acids is 2. The van der Waals surface area contributed by atoms with Crippen LogP contribution in [0.5, 0.6) is 0 Å². The number of Topliss-reactive ketones (excluding diaryl/α,β-unsaturated/α-hetero) is 1. The smallest absolute Gasteiger partial charge is 0.336 e. The first-order chi connectivity index (χ1) is 12.5. The highest BCUT2D eigenvalue weighted by Crippen LogP contribution is 2.42. The Balaban J connectivity index is 2.06. The first kappa shape index (κ1) is 18.7. The Morgan fingerprint density at radius 1 is 1.31 bits per heavy atom. The summed E-state index contributed by atoms with van der Waals surface area (Å²) < 4.78 is 10.3. The lowest BCUT2D eigenvalue weighted by molar-refractivity contribution is -0.140. The number of nitrogens with one attached hydrogen (secondary N) is 1. The molecule has 0 amide bonds. The molecule has 2 aliphatic rings. The molecule has 0 unspecified atom stereocenters. The van der Waals surface area contributed by atoms with Crippen molar-refractivity contribution in [2.24, 2.45) is 0 Å². The summed E-state index contributed by atoms with van der Waals surface area (Å²) in [6.07, 6.45) is 2.10. The van der Waals surface area contributed by atoms with Crippen LogP contribution in [0.4, 0.5) is 0 Å². The van der Waals surface area contributed by atoms with Crippen LogP contribution in [0.25, 0.3) is 0 Å². The molecule has 0 saturated heterocycles. The second-order valence-electron chi connectivity index (χ2n) is 6.45. The van der Waals surface area contributed by atoms with Crippen LogP contribution in [0.3, 0.4) is 0 Å². The van der Waals surface area contributed by atoms with E-state index >= 15 is 0 Å². The van der Waals surface area contributed by atoms with Gasteiger partial charge in [0.2, 0.25) is 0 Å². The van der Waals surface area contributed by atoms with Gasteiger partial charge in [0.25, 0.3) is 0 Å². The molecule has 0 radical (unpaired) electrons. The van der Waals surface area contributed by atoms with Crippen LogP contribution in [-0.2, 0) is 19.1 Å². The molecule has 6 heteroatoms. The summed E-state index contributed by atoms with van der Waals surface area (Å²) in [7, 11) is 1.55. The van der Waals surface area contributed by atoms with Gasteiger partial charge in [-0.2, -0.15) is 0 Å². The first-order valence-electron chi connectivity index (χ1n) is 8.68. The second kappa shape index (κ2) is 8.06. The van der Waals surface area contributed by atoms with Gasteiger partial charge in [-0.3, -0.25) is 4.79 Å². The molecule has 0 bridgehead atoms. The fourth-order valence-corrected chi connectivity index (χ4v) is 3.77. The van der Waals surface area contributed by atoms with Crippen LogP contribution in [0, 0.1) is 0 Å². The second-order valence-corrected chi connectivity index (χ2v) is 6.89. The Morgan fingerprint density at radius 3 is 2.85 bits per heavy atom. The zero-order valence-corrected chi connectivity index (χ0v) is 15.7. The first-order valence-corrected chi connectivity index (χ1v) is 9.06. The van der Waals surface area contributed by atoms with E-state index in [-0.39, 0.29) is 12.4 Å². The van der Waals surface area contributed by atoms with Gasteiger partial charge in [0.15, 0.2) is 5.78 Å². The van der Waals surface area contributed by atoms with Crippen LogP contribution in [0.15, 0.2) is 46.8 Å². The van der Waals surface area contributed by atoms with E-state index in [2.05, 4.69) is 5.32 Å². The van der Waals surface area contributed by atoms with Gasteiger partial charge in [0.1, 0.15) is 6.61 Å². The number of hydrogen-bond acceptors (Lipinski definition) is 5. The lowest BCUT2D eigenvalue weighted by atomic mass is 9.75. The van der Waals surface area contributed by atoms with Gasteiger partial charge in [0.05, 0.1) is 12.2 Å². The standard InChI is InChI=1S/C20H22ClNO4/c1-12-17(20(24)26-10-9-25-2)18(13-5-3-6-14(21)11-13)19-15(22-12)7-4-8-16(19)23/h3,5-6,11,18,22H,4,7-10H2,1-2H3/t18-/m0/s1. The monoisotopic (exact) mass is 375 g/mol. The summed E-state index contributed by atoms with van der Waals surface area (Å²) in [5, 5.41) is 3.82. The molecule has 1 aromatic rings. The molecule has 3 rings (SSSR count). The van der Waals surface area contributed by atoms with Crippen molar-refractivity contribution in [2.75, 3.05) is 20.3 Å². The molecule has 1 atom stereocenters. The maximum absolute atomic E-state index is 12.8. The Labute approximate surface area is 158 Å².